The van der Waals surface area contributed by atoms with Crippen molar-refractivity contribution in [3.8, 4) is 0 Å². The average Bonchev–Trinajstić information content (AvgIpc) is 2.37. The maximum Gasteiger partial charge on any atom is 0.156 e. The fourth-order valence-electron chi connectivity index (χ4n) is 1.91. The molecule has 1 aromatic rings. The number of carbonyl (C=O) groups is 1. The van der Waals surface area contributed by atoms with Crippen molar-refractivity contribution in [1.29, 1.82) is 0 Å². The van der Waals surface area contributed by atoms with Gasteiger partial charge >= 0.3 is 0 Å². The van der Waals surface area contributed by atoms with Gasteiger partial charge in [0.1, 0.15) is 0 Å². The van der Waals surface area contributed by atoms with E-state index in [4.69, 9.17) is 5.73 Å². The van der Waals surface area contributed by atoms with Crippen LogP contribution in [0.25, 0.3) is 0 Å². The largest absolute Gasteiger partial charge is 0.321 e. The van der Waals surface area contributed by atoms with E-state index < -0.39 is 21.3 Å². The summed E-state index contributed by atoms with van der Waals surface area (Å²) < 4.78 is 24.2. The number of Topliss-reactive ketones (excluding diaryl/α,β-unsaturated/α-hetero) is 1. The summed E-state index contributed by atoms with van der Waals surface area (Å²) >= 11 is 0. The van der Waals surface area contributed by atoms with Gasteiger partial charge in [0.2, 0.25) is 0 Å². The van der Waals surface area contributed by atoms with Crippen LogP contribution in [0.2, 0.25) is 0 Å². The van der Waals surface area contributed by atoms with Crippen LogP contribution in [-0.4, -0.2) is 26.0 Å². The molecule has 1 unspecified atom stereocenters. The molecule has 5 heteroatoms. The van der Waals surface area contributed by atoms with Crippen molar-refractivity contribution in [2.75, 3.05) is 5.75 Å². The molecule has 1 rings (SSSR count). The lowest BCUT2D eigenvalue weighted by Crippen LogP contribution is -2.44. The second kappa shape index (κ2) is 6.50. The number of rotatable bonds is 7. The summed E-state index contributed by atoms with van der Waals surface area (Å²) in [5.41, 5.74) is 5.92. The molecule has 1 aromatic carbocycles. The second-order valence-electron chi connectivity index (χ2n) is 5.75. The van der Waals surface area contributed by atoms with Crippen molar-refractivity contribution in [2.24, 2.45) is 11.1 Å². The zero-order chi connectivity index (χ0) is 15.4. The summed E-state index contributed by atoms with van der Waals surface area (Å²) in [4.78, 5) is 12.1. The van der Waals surface area contributed by atoms with Crippen LogP contribution >= 0.6 is 0 Å². The summed E-state index contributed by atoms with van der Waals surface area (Å²) in [7, 11) is -3.39. The highest BCUT2D eigenvalue weighted by Crippen LogP contribution is 2.23. The van der Waals surface area contributed by atoms with Gasteiger partial charge in [-0.25, -0.2) is 8.42 Å². The normalized spacial score (nSPS) is 14.0. The molecule has 0 spiro atoms. The number of nitrogens with two attached hydrogens (primary N) is 1. The maximum atomic E-state index is 12.1. The van der Waals surface area contributed by atoms with E-state index in [-0.39, 0.29) is 17.3 Å². The molecule has 112 valence electrons. The monoisotopic (exact) mass is 297 g/mol. The van der Waals surface area contributed by atoms with E-state index in [1.165, 1.54) is 0 Å². The van der Waals surface area contributed by atoms with Gasteiger partial charge in [0.05, 0.1) is 17.5 Å². The minimum Gasteiger partial charge on any atom is -0.321 e. The smallest absolute Gasteiger partial charge is 0.156 e. The Morgan fingerprint density at radius 1 is 1.25 bits per heavy atom. The minimum atomic E-state index is -3.39. The van der Waals surface area contributed by atoms with Gasteiger partial charge in [0.15, 0.2) is 15.6 Å². The topological polar surface area (TPSA) is 77.2 Å². The zero-order valence-corrected chi connectivity index (χ0v) is 13.1. The number of benzene rings is 1. The van der Waals surface area contributed by atoms with Crippen molar-refractivity contribution < 1.29 is 13.2 Å². The van der Waals surface area contributed by atoms with E-state index in [1.54, 1.807) is 38.1 Å². The Kier molecular flexibility index (Phi) is 5.48. The predicted octanol–water partition coefficient (Wildman–Crippen LogP) is 1.93. The van der Waals surface area contributed by atoms with E-state index in [1.807, 2.05) is 13.0 Å². The van der Waals surface area contributed by atoms with Crippen LogP contribution in [0.3, 0.4) is 0 Å². The molecule has 0 fully saturated rings. The van der Waals surface area contributed by atoms with Crippen molar-refractivity contribution in [1.82, 2.24) is 0 Å². The molecule has 20 heavy (non-hydrogen) atoms. The summed E-state index contributed by atoms with van der Waals surface area (Å²) in [6.07, 6.45) is 0.637. The molecule has 0 aromatic heterocycles. The van der Waals surface area contributed by atoms with Crippen LogP contribution in [0, 0.1) is 5.41 Å². The number of ketones is 1. The van der Waals surface area contributed by atoms with Gasteiger partial charge in [-0.3, -0.25) is 4.79 Å². The first-order valence-corrected chi connectivity index (χ1v) is 8.54. The molecular weight excluding hydrogens is 274 g/mol. The van der Waals surface area contributed by atoms with Crippen molar-refractivity contribution in [3.05, 3.63) is 35.9 Å². The third-order valence-electron chi connectivity index (χ3n) is 3.55. The van der Waals surface area contributed by atoms with Gasteiger partial charge in [0, 0.05) is 5.41 Å². The summed E-state index contributed by atoms with van der Waals surface area (Å²) in [6, 6.07) is 7.95. The minimum absolute atomic E-state index is 0.0820. The van der Waals surface area contributed by atoms with Gasteiger partial charge in [-0.2, -0.15) is 0 Å². The second-order valence-corrected chi connectivity index (χ2v) is 7.86. The molecule has 0 bridgehead atoms. The highest BCUT2D eigenvalue weighted by Gasteiger charge is 2.32. The van der Waals surface area contributed by atoms with Gasteiger partial charge < -0.3 is 5.73 Å². The third-order valence-corrected chi connectivity index (χ3v) is 5.19. The standard InChI is InChI=1S/C15H23NO3S/c1-4-15(2,3)14(17)13(16)11-20(18,19)10-12-8-6-5-7-9-12/h5-9,13H,4,10-11,16H2,1-3H3. The average molecular weight is 297 g/mol. The highest BCUT2D eigenvalue weighted by atomic mass is 32.2. The summed E-state index contributed by atoms with van der Waals surface area (Å²) in [5, 5.41) is 0. The molecule has 4 nitrogen and oxygen atoms in total. The van der Waals surface area contributed by atoms with Crippen molar-refractivity contribution >= 4 is 15.6 Å². The fourth-order valence-corrected chi connectivity index (χ4v) is 3.43. The Labute approximate surface area is 121 Å². The van der Waals surface area contributed by atoms with Crippen LogP contribution in [0.1, 0.15) is 32.8 Å². The SMILES string of the molecule is CCC(C)(C)C(=O)C(N)CS(=O)(=O)Cc1ccccc1. The summed E-state index contributed by atoms with van der Waals surface area (Å²) in [5.74, 6) is -0.581. The Hall–Kier alpha value is -1.20. The van der Waals surface area contributed by atoms with E-state index in [9.17, 15) is 13.2 Å². The molecule has 0 heterocycles. The number of hydrogen-bond acceptors (Lipinski definition) is 4. The van der Waals surface area contributed by atoms with E-state index in [0.717, 1.165) is 0 Å². The van der Waals surface area contributed by atoms with Crippen molar-refractivity contribution in [2.45, 2.75) is 39.0 Å². The first-order valence-electron chi connectivity index (χ1n) is 6.72. The molecule has 0 radical (unpaired) electrons. The van der Waals surface area contributed by atoms with Crippen LogP contribution < -0.4 is 5.73 Å². The first kappa shape index (κ1) is 16.9. The van der Waals surface area contributed by atoms with E-state index in [0.29, 0.717) is 12.0 Å². The summed E-state index contributed by atoms with van der Waals surface area (Å²) in [6.45, 7) is 5.47. The number of carbonyl (C=O) groups excluding carboxylic acids is 1. The molecule has 0 aliphatic carbocycles. The zero-order valence-electron chi connectivity index (χ0n) is 12.3. The molecule has 1 atom stereocenters. The Morgan fingerprint density at radius 3 is 2.30 bits per heavy atom. The van der Waals surface area contributed by atoms with Gasteiger partial charge in [-0.15, -0.1) is 0 Å². The van der Waals surface area contributed by atoms with E-state index >= 15 is 0 Å². The van der Waals surface area contributed by atoms with Gasteiger partial charge in [-0.05, 0) is 12.0 Å². The molecule has 0 aliphatic heterocycles. The molecular formula is C15H23NO3S. The van der Waals surface area contributed by atoms with Gasteiger partial charge in [0.25, 0.3) is 0 Å². The Bertz CT molecular complexity index is 550. The highest BCUT2D eigenvalue weighted by molar-refractivity contribution is 7.90. The number of sulfone groups is 1. The van der Waals surface area contributed by atoms with Crippen LogP contribution in [-0.2, 0) is 20.4 Å². The first-order chi connectivity index (χ1) is 9.18. The quantitative estimate of drug-likeness (QED) is 0.834. The van der Waals surface area contributed by atoms with E-state index in [2.05, 4.69) is 0 Å². The van der Waals surface area contributed by atoms with Crippen LogP contribution in [0.15, 0.2) is 30.3 Å². The number of hydrogen-bond donors (Lipinski definition) is 1. The molecule has 2 N–H and O–H groups in total. The molecule has 0 saturated carbocycles. The Morgan fingerprint density at radius 2 is 1.80 bits per heavy atom. The lowest BCUT2D eigenvalue weighted by molar-refractivity contribution is -0.128. The molecule has 0 saturated heterocycles. The van der Waals surface area contributed by atoms with Crippen LogP contribution in [0.4, 0.5) is 0 Å². The van der Waals surface area contributed by atoms with Crippen LogP contribution in [0.5, 0.6) is 0 Å². The van der Waals surface area contributed by atoms with Gasteiger partial charge in [-0.1, -0.05) is 51.1 Å². The lowest BCUT2D eigenvalue weighted by Gasteiger charge is -2.24. The fraction of sp³-hybridized carbons (Fsp3) is 0.533. The predicted molar refractivity (Wildman–Crippen MR) is 81.0 cm³/mol. The van der Waals surface area contributed by atoms with Crippen molar-refractivity contribution in [3.63, 3.8) is 0 Å². The lowest BCUT2D eigenvalue weighted by atomic mass is 9.82. The Balaban J connectivity index is 2.74. The maximum absolute atomic E-state index is 12.1. The third kappa shape index (κ3) is 4.72. The molecule has 0 amide bonds. The molecule has 0 aliphatic rings.